The summed E-state index contributed by atoms with van der Waals surface area (Å²) in [4.78, 5) is 36.4. The van der Waals surface area contributed by atoms with Crippen LogP contribution in [0.2, 0.25) is 0 Å². The van der Waals surface area contributed by atoms with Crippen LogP contribution in [0.1, 0.15) is 26.2 Å². The summed E-state index contributed by atoms with van der Waals surface area (Å²) < 4.78 is 5.38. The third kappa shape index (κ3) is 4.98. The summed E-state index contributed by atoms with van der Waals surface area (Å²) in [6.45, 7) is 2.85. The average Bonchev–Trinajstić information content (AvgIpc) is 2.97. The lowest BCUT2D eigenvalue weighted by molar-refractivity contribution is -0.122. The molecule has 1 fully saturated rings. The van der Waals surface area contributed by atoms with Gasteiger partial charge in [0.25, 0.3) is 5.91 Å². The van der Waals surface area contributed by atoms with Gasteiger partial charge in [0.2, 0.25) is 5.91 Å². The van der Waals surface area contributed by atoms with Crippen LogP contribution in [0.5, 0.6) is 5.75 Å². The maximum absolute atomic E-state index is 11.7. The van der Waals surface area contributed by atoms with Crippen LogP contribution < -0.4 is 20.3 Å². The Balaban J connectivity index is 1.85. The van der Waals surface area contributed by atoms with E-state index in [1.807, 2.05) is 13.0 Å². The van der Waals surface area contributed by atoms with Gasteiger partial charge in [-0.15, -0.1) is 0 Å². The van der Waals surface area contributed by atoms with Gasteiger partial charge in [0.05, 0.1) is 0 Å². The molecule has 0 aromatic heterocycles. The Hall–Kier alpha value is -2.57. The van der Waals surface area contributed by atoms with Crippen LogP contribution in [-0.4, -0.2) is 37.5 Å². The van der Waals surface area contributed by atoms with Gasteiger partial charge in [0, 0.05) is 31.3 Å². The normalized spacial score (nSPS) is 13.8. The van der Waals surface area contributed by atoms with Crippen molar-refractivity contribution in [2.45, 2.75) is 26.2 Å². The quantitative estimate of drug-likeness (QED) is 0.830. The monoisotopic (exact) mass is 319 g/mol. The maximum Gasteiger partial charge on any atom is 0.321 e. The van der Waals surface area contributed by atoms with Crippen molar-refractivity contribution in [2.75, 3.05) is 24.6 Å². The van der Waals surface area contributed by atoms with Crippen molar-refractivity contribution in [3.63, 3.8) is 0 Å². The van der Waals surface area contributed by atoms with Crippen molar-refractivity contribution < 1.29 is 19.1 Å². The fraction of sp³-hybridized carbons (Fsp3) is 0.438. The van der Waals surface area contributed by atoms with Gasteiger partial charge >= 0.3 is 6.03 Å². The van der Waals surface area contributed by atoms with E-state index in [9.17, 15) is 14.4 Å². The minimum atomic E-state index is -0.531. The first-order valence-electron chi connectivity index (χ1n) is 7.71. The summed E-state index contributed by atoms with van der Waals surface area (Å²) >= 11 is 0. The molecule has 1 heterocycles. The minimum Gasteiger partial charge on any atom is -0.484 e. The highest BCUT2D eigenvalue weighted by atomic mass is 16.5. The molecule has 0 radical (unpaired) electrons. The van der Waals surface area contributed by atoms with Crippen molar-refractivity contribution in [3.05, 3.63) is 24.3 Å². The van der Waals surface area contributed by atoms with E-state index in [0.29, 0.717) is 25.3 Å². The molecule has 1 saturated heterocycles. The second-order valence-electron chi connectivity index (χ2n) is 5.24. The first-order valence-corrected chi connectivity index (χ1v) is 7.71. The standard InChI is InChI=1S/C16H21N3O4/c1-2-8-17-16(22)18-14(20)11-23-13-6-3-5-12(10-13)19-9-4-7-15(19)21/h3,5-6,10H,2,4,7-9,11H2,1H3,(H2,17,18,20,22). The zero-order valence-corrected chi connectivity index (χ0v) is 13.1. The molecule has 0 aliphatic carbocycles. The number of hydrogen-bond donors (Lipinski definition) is 2. The molecule has 2 rings (SSSR count). The fourth-order valence-corrected chi connectivity index (χ4v) is 2.26. The molecule has 1 aromatic carbocycles. The van der Waals surface area contributed by atoms with E-state index in [2.05, 4.69) is 10.6 Å². The van der Waals surface area contributed by atoms with Crippen molar-refractivity contribution in [1.82, 2.24) is 10.6 Å². The number of anilines is 1. The highest BCUT2D eigenvalue weighted by molar-refractivity contribution is 5.96. The number of rotatable bonds is 6. The van der Waals surface area contributed by atoms with Gasteiger partial charge in [-0.2, -0.15) is 0 Å². The Kier molecular flexibility index (Phi) is 5.96. The Morgan fingerprint density at radius 2 is 2.17 bits per heavy atom. The summed E-state index contributed by atoms with van der Waals surface area (Å²) in [5.41, 5.74) is 0.756. The number of carbonyl (C=O) groups is 3. The van der Waals surface area contributed by atoms with Gasteiger partial charge in [-0.3, -0.25) is 14.9 Å². The molecule has 7 nitrogen and oxygen atoms in total. The van der Waals surface area contributed by atoms with Crippen molar-refractivity contribution in [3.8, 4) is 5.75 Å². The molecule has 124 valence electrons. The molecule has 23 heavy (non-hydrogen) atoms. The van der Waals surface area contributed by atoms with E-state index in [1.54, 1.807) is 23.1 Å². The van der Waals surface area contributed by atoms with Gasteiger partial charge in [-0.1, -0.05) is 13.0 Å². The predicted molar refractivity (Wildman–Crippen MR) is 85.4 cm³/mol. The number of ether oxygens (including phenoxy) is 1. The summed E-state index contributed by atoms with van der Waals surface area (Å²) in [7, 11) is 0. The van der Waals surface area contributed by atoms with Gasteiger partial charge in [0.1, 0.15) is 5.75 Å². The molecule has 0 atom stereocenters. The Bertz CT molecular complexity index is 588. The Labute approximate surface area is 135 Å². The number of nitrogens with one attached hydrogen (secondary N) is 2. The number of hydrogen-bond acceptors (Lipinski definition) is 4. The second-order valence-corrected chi connectivity index (χ2v) is 5.24. The van der Waals surface area contributed by atoms with Crippen LogP contribution in [0, 0.1) is 0 Å². The summed E-state index contributed by atoms with van der Waals surface area (Å²) in [5, 5.41) is 4.73. The molecule has 0 saturated carbocycles. The zero-order valence-electron chi connectivity index (χ0n) is 13.1. The lowest BCUT2D eigenvalue weighted by Crippen LogP contribution is -2.41. The SMILES string of the molecule is CCCNC(=O)NC(=O)COc1cccc(N2CCCC2=O)c1. The highest BCUT2D eigenvalue weighted by Gasteiger charge is 2.21. The largest absolute Gasteiger partial charge is 0.484 e. The van der Waals surface area contributed by atoms with Crippen LogP contribution in [0.4, 0.5) is 10.5 Å². The van der Waals surface area contributed by atoms with E-state index in [1.165, 1.54) is 0 Å². The van der Waals surface area contributed by atoms with Crippen LogP contribution >= 0.6 is 0 Å². The molecule has 1 aromatic rings. The van der Waals surface area contributed by atoms with Crippen molar-refractivity contribution in [2.24, 2.45) is 0 Å². The van der Waals surface area contributed by atoms with E-state index >= 15 is 0 Å². The number of imide groups is 1. The molecule has 0 unspecified atom stereocenters. The number of carbonyl (C=O) groups excluding carboxylic acids is 3. The van der Waals surface area contributed by atoms with Gasteiger partial charge in [-0.05, 0) is 25.0 Å². The molecule has 7 heteroatoms. The molecular weight excluding hydrogens is 298 g/mol. The van der Waals surface area contributed by atoms with Crippen LogP contribution in [0.3, 0.4) is 0 Å². The van der Waals surface area contributed by atoms with Crippen molar-refractivity contribution in [1.29, 1.82) is 0 Å². The number of urea groups is 1. The average molecular weight is 319 g/mol. The van der Waals surface area contributed by atoms with Gasteiger partial charge < -0.3 is 15.0 Å². The van der Waals surface area contributed by atoms with Crippen molar-refractivity contribution >= 4 is 23.5 Å². The Morgan fingerprint density at radius 3 is 2.87 bits per heavy atom. The van der Waals surface area contributed by atoms with Gasteiger partial charge in [0.15, 0.2) is 6.61 Å². The zero-order chi connectivity index (χ0) is 16.7. The first kappa shape index (κ1) is 16.8. The highest BCUT2D eigenvalue weighted by Crippen LogP contribution is 2.25. The Morgan fingerprint density at radius 1 is 1.35 bits per heavy atom. The smallest absolute Gasteiger partial charge is 0.321 e. The topological polar surface area (TPSA) is 87.7 Å². The second kappa shape index (κ2) is 8.17. The first-order chi connectivity index (χ1) is 11.1. The van der Waals surface area contributed by atoms with Crippen LogP contribution in [0.25, 0.3) is 0 Å². The molecule has 4 amide bonds. The molecule has 0 bridgehead atoms. The summed E-state index contributed by atoms with van der Waals surface area (Å²) in [6, 6.07) is 6.48. The number of nitrogens with zero attached hydrogens (tertiary/aromatic N) is 1. The van der Waals surface area contributed by atoms with E-state index in [0.717, 1.165) is 18.5 Å². The van der Waals surface area contributed by atoms with Crippen LogP contribution in [0.15, 0.2) is 24.3 Å². The molecular formula is C16H21N3O4. The van der Waals surface area contributed by atoms with E-state index in [4.69, 9.17) is 4.74 Å². The lowest BCUT2D eigenvalue weighted by Gasteiger charge is -2.16. The fourth-order valence-electron chi connectivity index (χ4n) is 2.26. The third-order valence-corrected chi connectivity index (χ3v) is 3.36. The summed E-state index contributed by atoms with van der Waals surface area (Å²) in [5.74, 6) is 0.0417. The molecule has 1 aliphatic heterocycles. The van der Waals surface area contributed by atoms with Gasteiger partial charge in [-0.25, -0.2) is 4.79 Å². The lowest BCUT2D eigenvalue weighted by atomic mass is 10.3. The molecule has 1 aliphatic rings. The number of amides is 4. The number of benzene rings is 1. The third-order valence-electron chi connectivity index (χ3n) is 3.36. The van der Waals surface area contributed by atoms with Crippen LogP contribution in [-0.2, 0) is 9.59 Å². The van der Waals surface area contributed by atoms with E-state index in [-0.39, 0.29) is 12.5 Å². The molecule has 0 spiro atoms. The predicted octanol–water partition coefficient (Wildman–Crippen LogP) is 1.43. The minimum absolute atomic E-state index is 0.0903. The molecule has 2 N–H and O–H groups in total. The van der Waals surface area contributed by atoms with E-state index < -0.39 is 11.9 Å². The summed E-state index contributed by atoms with van der Waals surface area (Å²) in [6.07, 6.45) is 2.19. The maximum atomic E-state index is 11.7.